The minimum absolute atomic E-state index is 0.0565. The topological polar surface area (TPSA) is 68.0 Å². The molecule has 1 N–H and O–H groups in total. The molecule has 27 heavy (non-hydrogen) atoms. The first-order valence-corrected chi connectivity index (χ1v) is 9.59. The van der Waals surface area contributed by atoms with Crippen LogP contribution >= 0.6 is 11.3 Å². The molecule has 0 fully saturated rings. The zero-order valence-electron chi connectivity index (χ0n) is 15.2. The van der Waals surface area contributed by atoms with Gasteiger partial charge in [-0.05, 0) is 42.5 Å². The van der Waals surface area contributed by atoms with E-state index in [0.29, 0.717) is 24.6 Å². The number of thiophene rings is 1. The molecule has 5 nitrogen and oxygen atoms in total. The molecule has 0 saturated heterocycles. The SMILES string of the molecule is Cc1nc2ccccc2c(C)c1CC(=O)NCc1coc(-c2cccs2)n1. The highest BCUT2D eigenvalue weighted by Gasteiger charge is 2.14. The van der Waals surface area contributed by atoms with E-state index in [9.17, 15) is 4.79 Å². The number of amides is 1. The molecule has 4 rings (SSSR count). The monoisotopic (exact) mass is 377 g/mol. The van der Waals surface area contributed by atoms with Gasteiger partial charge in [-0.15, -0.1) is 11.3 Å². The molecule has 136 valence electrons. The molecule has 0 radical (unpaired) electrons. The van der Waals surface area contributed by atoms with Crippen LogP contribution in [0.1, 0.15) is 22.5 Å². The van der Waals surface area contributed by atoms with Gasteiger partial charge in [0.05, 0.1) is 29.1 Å². The summed E-state index contributed by atoms with van der Waals surface area (Å²) in [6.07, 6.45) is 1.88. The van der Waals surface area contributed by atoms with Crippen LogP contribution in [-0.2, 0) is 17.8 Å². The number of nitrogens with zero attached hydrogens (tertiary/aromatic N) is 2. The molecule has 0 aliphatic carbocycles. The third-order valence-electron chi connectivity index (χ3n) is 4.57. The Morgan fingerprint density at radius 3 is 2.81 bits per heavy atom. The van der Waals surface area contributed by atoms with Gasteiger partial charge in [-0.3, -0.25) is 9.78 Å². The molecule has 0 atom stereocenters. The number of para-hydroxylation sites is 1. The molecule has 0 bridgehead atoms. The molecule has 0 spiro atoms. The van der Waals surface area contributed by atoms with Gasteiger partial charge in [-0.25, -0.2) is 4.98 Å². The number of hydrogen-bond donors (Lipinski definition) is 1. The van der Waals surface area contributed by atoms with Crippen molar-refractivity contribution >= 4 is 28.1 Å². The first-order chi connectivity index (χ1) is 13.1. The van der Waals surface area contributed by atoms with Gasteiger partial charge in [-0.1, -0.05) is 24.3 Å². The van der Waals surface area contributed by atoms with Crippen molar-refractivity contribution < 1.29 is 9.21 Å². The average molecular weight is 377 g/mol. The van der Waals surface area contributed by atoms with Gasteiger partial charge in [0.1, 0.15) is 6.26 Å². The number of aromatic nitrogens is 2. The third-order valence-corrected chi connectivity index (χ3v) is 5.43. The molecule has 3 aromatic heterocycles. The number of aryl methyl sites for hydroxylation is 2. The fourth-order valence-electron chi connectivity index (χ4n) is 3.14. The lowest BCUT2D eigenvalue weighted by Crippen LogP contribution is -2.25. The second-order valence-electron chi connectivity index (χ2n) is 6.39. The standard InChI is InChI=1S/C21H19N3O2S/c1-13-16-6-3-4-7-18(16)23-14(2)17(13)10-20(25)22-11-15-12-26-21(24-15)19-8-5-9-27-19/h3-9,12H,10-11H2,1-2H3,(H,22,25). The zero-order chi connectivity index (χ0) is 18.8. The van der Waals surface area contributed by atoms with E-state index in [4.69, 9.17) is 4.42 Å². The number of fused-ring (bicyclic) bond motifs is 1. The first-order valence-electron chi connectivity index (χ1n) is 8.71. The summed E-state index contributed by atoms with van der Waals surface area (Å²) >= 11 is 1.57. The number of carbonyl (C=O) groups is 1. The molecule has 4 aromatic rings. The molecular formula is C21H19N3O2S. The van der Waals surface area contributed by atoms with Gasteiger partial charge in [0.2, 0.25) is 11.8 Å². The van der Waals surface area contributed by atoms with Crippen molar-refractivity contribution in [3.63, 3.8) is 0 Å². The molecule has 0 aliphatic heterocycles. The Labute approximate surface area is 161 Å². The highest BCUT2D eigenvalue weighted by atomic mass is 32.1. The zero-order valence-corrected chi connectivity index (χ0v) is 16.0. The molecule has 0 aliphatic rings. The van der Waals surface area contributed by atoms with E-state index in [1.165, 1.54) is 0 Å². The van der Waals surface area contributed by atoms with Crippen molar-refractivity contribution in [2.24, 2.45) is 0 Å². The second kappa shape index (κ2) is 7.32. The van der Waals surface area contributed by atoms with Gasteiger partial charge >= 0.3 is 0 Å². The van der Waals surface area contributed by atoms with Crippen molar-refractivity contribution in [3.8, 4) is 10.8 Å². The van der Waals surface area contributed by atoms with Crippen molar-refractivity contribution in [2.75, 3.05) is 0 Å². The Hall–Kier alpha value is -2.99. The number of benzene rings is 1. The largest absolute Gasteiger partial charge is 0.443 e. The second-order valence-corrected chi connectivity index (χ2v) is 7.34. The van der Waals surface area contributed by atoms with Gasteiger partial charge < -0.3 is 9.73 Å². The van der Waals surface area contributed by atoms with E-state index < -0.39 is 0 Å². The maximum absolute atomic E-state index is 12.5. The van der Waals surface area contributed by atoms with Crippen LogP contribution in [0.25, 0.3) is 21.7 Å². The van der Waals surface area contributed by atoms with Crippen LogP contribution in [0.2, 0.25) is 0 Å². The van der Waals surface area contributed by atoms with E-state index >= 15 is 0 Å². The van der Waals surface area contributed by atoms with E-state index in [1.54, 1.807) is 17.6 Å². The Morgan fingerprint density at radius 2 is 2.00 bits per heavy atom. The summed E-state index contributed by atoms with van der Waals surface area (Å²) in [7, 11) is 0. The van der Waals surface area contributed by atoms with Crippen LogP contribution in [0, 0.1) is 13.8 Å². The number of pyridine rings is 1. The summed E-state index contributed by atoms with van der Waals surface area (Å²) < 4.78 is 5.48. The number of carbonyl (C=O) groups excluding carboxylic acids is 1. The highest BCUT2D eigenvalue weighted by Crippen LogP contribution is 2.24. The Morgan fingerprint density at radius 1 is 1.15 bits per heavy atom. The van der Waals surface area contributed by atoms with Crippen LogP contribution in [0.3, 0.4) is 0 Å². The Balaban J connectivity index is 1.45. The smallest absolute Gasteiger partial charge is 0.236 e. The predicted molar refractivity (Wildman–Crippen MR) is 107 cm³/mol. The van der Waals surface area contributed by atoms with Crippen LogP contribution in [-0.4, -0.2) is 15.9 Å². The lowest BCUT2D eigenvalue weighted by Gasteiger charge is -2.12. The maximum atomic E-state index is 12.5. The lowest BCUT2D eigenvalue weighted by molar-refractivity contribution is -0.120. The van der Waals surface area contributed by atoms with E-state index in [-0.39, 0.29) is 5.91 Å². The number of oxazole rings is 1. The Kier molecular flexibility index (Phi) is 4.73. The van der Waals surface area contributed by atoms with Gasteiger partial charge in [0, 0.05) is 11.1 Å². The van der Waals surface area contributed by atoms with Crippen LogP contribution in [0.5, 0.6) is 0 Å². The Bertz CT molecular complexity index is 1100. The quantitative estimate of drug-likeness (QED) is 0.559. The van der Waals surface area contributed by atoms with E-state index in [2.05, 4.69) is 15.3 Å². The molecule has 1 aromatic carbocycles. The average Bonchev–Trinajstić information content (AvgIpc) is 3.35. The van der Waals surface area contributed by atoms with Crippen molar-refractivity contribution in [3.05, 3.63) is 70.6 Å². The summed E-state index contributed by atoms with van der Waals surface area (Å²) in [6, 6.07) is 11.9. The van der Waals surface area contributed by atoms with Gasteiger partial charge in [-0.2, -0.15) is 0 Å². The summed E-state index contributed by atoms with van der Waals surface area (Å²) in [6.45, 7) is 4.34. The first kappa shape index (κ1) is 17.4. The molecule has 0 saturated carbocycles. The fourth-order valence-corrected chi connectivity index (χ4v) is 3.80. The van der Waals surface area contributed by atoms with Gasteiger partial charge in [0.15, 0.2) is 0 Å². The summed E-state index contributed by atoms with van der Waals surface area (Å²) in [4.78, 5) is 22.5. The van der Waals surface area contributed by atoms with Crippen LogP contribution in [0.15, 0.2) is 52.5 Å². The lowest BCUT2D eigenvalue weighted by atomic mass is 9.99. The molecular weight excluding hydrogens is 358 g/mol. The molecule has 3 heterocycles. The van der Waals surface area contributed by atoms with Crippen molar-refractivity contribution in [1.29, 1.82) is 0 Å². The molecule has 1 amide bonds. The van der Waals surface area contributed by atoms with E-state index in [1.807, 2.05) is 55.6 Å². The third kappa shape index (κ3) is 3.61. The number of hydrogen-bond acceptors (Lipinski definition) is 5. The summed E-state index contributed by atoms with van der Waals surface area (Å²) in [5, 5.41) is 5.98. The normalized spacial score (nSPS) is 11.0. The summed E-state index contributed by atoms with van der Waals surface area (Å²) in [5.41, 5.74) is 4.64. The van der Waals surface area contributed by atoms with Crippen LogP contribution in [0.4, 0.5) is 0 Å². The predicted octanol–water partition coefficient (Wildman–Crippen LogP) is 4.43. The van der Waals surface area contributed by atoms with Crippen molar-refractivity contribution in [1.82, 2.24) is 15.3 Å². The van der Waals surface area contributed by atoms with Crippen LogP contribution < -0.4 is 5.32 Å². The number of nitrogens with one attached hydrogen (secondary N) is 1. The summed E-state index contributed by atoms with van der Waals surface area (Å²) in [5.74, 6) is 0.527. The van der Waals surface area contributed by atoms with Gasteiger partial charge in [0.25, 0.3) is 0 Å². The van der Waals surface area contributed by atoms with E-state index in [0.717, 1.165) is 32.6 Å². The highest BCUT2D eigenvalue weighted by molar-refractivity contribution is 7.13. The number of rotatable bonds is 5. The minimum Gasteiger partial charge on any atom is -0.443 e. The molecule has 6 heteroatoms. The molecule has 0 unspecified atom stereocenters. The van der Waals surface area contributed by atoms with Crippen molar-refractivity contribution in [2.45, 2.75) is 26.8 Å². The minimum atomic E-state index is -0.0565. The fraction of sp³-hybridized carbons (Fsp3) is 0.190. The maximum Gasteiger partial charge on any atom is 0.236 e.